The maximum atomic E-state index is 11.4. The molecule has 0 fully saturated rings. The van der Waals surface area contributed by atoms with Crippen molar-refractivity contribution in [2.75, 3.05) is 5.32 Å². The Morgan fingerprint density at radius 3 is 2.55 bits per heavy atom. The number of amides is 1. The van der Waals surface area contributed by atoms with Crippen LogP contribution in [-0.2, 0) is 0 Å². The highest BCUT2D eigenvalue weighted by Crippen LogP contribution is 2.31. The largest absolute Gasteiger partial charge is 0.377 e. The van der Waals surface area contributed by atoms with Crippen LogP contribution in [0.3, 0.4) is 0 Å². The maximum absolute atomic E-state index is 11.4. The van der Waals surface area contributed by atoms with Gasteiger partial charge in [0.05, 0.1) is 6.04 Å². The predicted octanol–water partition coefficient (Wildman–Crippen LogP) is 3.96. The lowest BCUT2D eigenvalue weighted by Gasteiger charge is -2.24. The van der Waals surface area contributed by atoms with Crippen molar-refractivity contribution in [3.63, 3.8) is 0 Å². The number of hydrogen-bond acceptors (Lipinski definition) is 3. The third-order valence-corrected chi connectivity index (χ3v) is 4.38. The van der Waals surface area contributed by atoms with Gasteiger partial charge < -0.3 is 11.1 Å². The van der Waals surface area contributed by atoms with Gasteiger partial charge in [0.1, 0.15) is 0 Å². The fourth-order valence-corrected chi connectivity index (χ4v) is 3.21. The molecule has 2 aromatic rings. The molecule has 1 unspecified atom stereocenters. The number of carbonyl (C=O) groups excluding carboxylic acids is 1. The van der Waals surface area contributed by atoms with Crippen molar-refractivity contribution in [3.8, 4) is 0 Å². The van der Waals surface area contributed by atoms with E-state index in [9.17, 15) is 4.79 Å². The van der Waals surface area contributed by atoms with Gasteiger partial charge in [-0.25, -0.2) is 0 Å². The van der Waals surface area contributed by atoms with E-state index in [2.05, 4.69) is 36.7 Å². The van der Waals surface area contributed by atoms with Crippen LogP contribution in [0, 0.1) is 12.8 Å². The summed E-state index contributed by atoms with van der Waals surface area (Å²) in [4.78, 5) is 12.7. The molecule has 2 rings (SSSR count). The monoisotopic (exact) mass is 288 g/mol. The van der Waals surface area contributed by atoms with Gasteiger partial charge in [-0.3, -0.25) is 4.79 Å². The molecule has 0 aliphatic rings. The first-order valence-corrected chi connectivity index (χ1v) is 7.58. The molecule has 0 saturated heterocycles. The summed E-state index contributed by atoms with van der Waals surface area (Å²) in [5.41, 5.74) is 7.85. The third kappa shape index (κ3) is 3.02. The van der Waals surface area contributed by atoms with Gasteiger partial charge in [0.2, 0.25) is 5.91 Å². The number of nitrogens with two attached hydrogens (primary N) is 1. The summed E-state index contributed by atoms with van der Waals surface area (Å²) in [6, 6.07) is 10.0. The fourth-order valence-electron chi connectivity index (χ4n) is 2.26. The first kappa shape index (κ1) is 14.6. The molecule has 1 aromatic carbocycles. The van der Waals surface area contributed by atoms with Gasteiger partial charge in [0.25, 0.3) is 0 Å². The Morgan fingerprint density at radius 2 is 2.00 bits per heavy atom. The van der Waals surface area contributed by atoms with Crippen LogP contribution in [0.4, 0.5) is 5.69 Å². The van der Waals surface area contributed by atoms with Gasteiger partial charge in [0, 0.05) is 16.1 Å². The molecule has 0 spiro atoms. The molecule has 1 aromatic heterocycles. The molecule has 0 saturated carbocycles. The number of rotatable bonds is 5. The van der Waals surface area contributed by atoms with E-state index in [1.54, 1.807) is 17.4 Å². The third-order valence-electron chi connectivity index (χ3n) is 3.43. The van der Waals surface area contributed by atoms with Crippen LogP contribution in [0.5, 0.6) is 0 Å². The van der Waals surface area contributed by atoms with Crippen molar-refractivity contribution in [3.05, 3.63) is 51.7 Å². The van der Waals surface area contributed by atoms with Crippen LogP contribution in [0.15, 0.2) is 35.7 Å². The molecule has 3 nitrogen and oxygen atoms in total. The second kappa shape index (κ2) is 6.09. The molecule has 1 atom stereocenters. The maximum Gasteiger partial charge on any atom is 0.249 e. The lowest BCUT2D eigenvalue weighted by atomic mass is 10.0. The van der Waals surface area contributed by atoms with E-state index >= 15 is 0 Å². The van der Waals surface area contributed by atoms with Gasteiger partial charge in [-0.2, -0.15) is 0 Å². The van der Waals surface area contributed by atoms with Crippen LogP contribution in [0.2, 0.25) is 0 Å². The van der Waals surface area contributed by atoms with Crippen LogP contribution in [0.1, 0.15) is 40.7 Å². The smallest absolute Gasteiger partial charge is 0.249 e. The van der Waals surface area contributed by atoms with Crippen molar-refractivity contribution < 1.29 is 4.79 Å². The SMILES string of the molecule is Cc1c(NC(c2cccs2)C(C)C)cccc1C(N)=O. The zero-order valence-electron chi connectivity index (χ0n) is 12.0. The highest BCUT2D eigenvalue weighted by atomic mass is 32.1. The number of anilines is 1. The Balaban J connectivity index is 2.32. The summed E-state index contributed by atoms with van der Waals surface area (Å²) in [7, 11) is 0. The van der Waals surface area contributed by atoms with Gasteiger partial charge in [-0.15, -0.1) is 11.3 Å². The van der Waals surface area contributed by atoms with E-state index in [1.165, 1.54) is 4.88 Å². The summed E-state index contributed by atoms with van der Waals surface area (Å²) in [6.07, 6.45) is 0. The van der Waals surface area contributed by atoms with Gasteiger partial charge >= 0.3 is 0 Å². The molecule has 0 aliphatic heterocycles. The highest BCUT2D eigenvalue weighted by molar-refractivity contribution is 7.10. The normalized spacial score (nSPS) is 12.4. The van der Waals surface area contributed by atoms with Gasteiger partial charge in [-0.1, -0.05) is 26.0 Å². The van der Waals surface area contributed by atoms with Crippen molar-refractivity contribution in [2.45, 2.75) is 26.8 Å². The van der Waals surface area contributed by atoms with Crippen LogP contribution in [0.25, 0.3) is 0 Å². The Labute approximate surface area is 123 Å². The second-order valence-corrected chi connectivity index (χ2v) is 6.20. The summed E-state index contributed by atoms with van der Waals surface area (Å²) in [5.74, 6) is 0.0636. The molecule has 0 bridgehead atoms. The lowest BCUT2D eigenvalue weighted by molar-refractivity contribution is 0.1000. The van der Waals surface area contributed by atoms with Crippen LogP contribution < -0.4 is 11.1 Å². The van der Waals surface area contributed by atoms with Crippen molar-refractivity contribution in [1.82, 2.24) is 0 Å². The number of thiophene rings is 1. The summed E-state index contributed by atoms with van der Waals surface area (Å²) < 4.78 is 0. The number of primary amides is 1. The second-order valence-electron chi connectivity index (χ2n) is 5.22. The first-order chi connectivity index (χ1) is 9.50. The van der Waals surface area contributed by atoms with E-state index in [1.807, 2.05) is 19.1 Å². The Bertz CT molecular complexity index is 591. The number of carbonyl (C=O) groups is 1. The lowest BCUT2D eigenvalue weighted by Crippen LogP contribution is -2.18. The van der Waals surface area contributed by atoms with E-state index in [-0.39, 0.29) is 11.9 Å². The van der Waals surface area contributed by atoms with Crippen molar-refractivity contribution >= 4 is 22.9 Å². The van der Waals surface area contributed by atoms with E-state index in [0.717, 1.165) is 11.3 Å². The standard InChI is InChI=1S/C16H20N2OS/c1-10(2)15(14-8-5-9-20-14)18-13-7-4-6-12(11(13)3)16(17)19/h4-10,15,18H,1-3H3,(H2,17,19). The van der Waals surface area contributed by atoms with Crippen LogP contribution in [-0.4, -0.2) is 5.91 Å². The summed E-state index contributed by atoms with van der Waals surface area (Å²) in [5, 5.41) is 5.63. The zero-order chi connectivity index (χ0) is 14.7. The molecular weight excluding hydrogens is 268 g/mol. The molecule has 1 heterocycles. The van der Waals surface area contributed by atoms with E-state index in [0.29, 0.717) is 11.5 Å². The number of nitrogens with one attached hydrogen (secondary N) is 1. The minimum Gasteiger partial charge on any atom is -0.377 e. The van der Waals surface area contributed by atoms with Crippen LogP contribution >= 0.6 is 11.3 Å². The Hall–Kier alpha value is -1.81. The quantitative estimate of drug-likeness (QED) is 0.874. The van der Waals surface area contributed by atoms with E-state index < -0.39 is 0 Å². The van der Waals surface area contributed by atoms with Crippen molar-refractivity contribution in [2.24, 2.45) is 11.7 Å². The molecule has 4 heteroatoms. The fraction of sp³-hybridized carbons (Fsp3) is 0.312. The number of hydrogen-bond donors (Lipinski definition) is 2. The van der Waals surface area contributed by atoms with E-state index in [4.69, 9.17) is 5.73 Å². The molecule has 0 aliphatic carbocycles. The average molecular weight is 288 g/mol. The van der Waals surface area contributed by atoms with Gasteiger partial charge in [0.15, 0.2) is 0 Å². The summed E-state index contributed by atoms with van der Waals surface area (Å²) in [6.45, 7) is 6.30. The Morgan fingerprint density at radius 1 is 1.25 bits per heavy atom. The Kier molecular flexibility index (Phi) is 4.45. The first-order valence-electron chi connectivity index (χ1n) is 6.70. The minimum atomic E-state index is -0.386. The topological polar surface area (TPSA) is 55.1 Å². The van der Waals surface area contributed by atoms with Crippen molar-refractivity contribution in [1.29, 1.82) is 0 Å². The highest BCUT2D eigenvalue weighted by Gasteiger charge is 2.18. The summed E-state index contributed by atoms with van der Waals surface area (Å²) >= 11 is 1.74. The van der Waals surface area contributed by atoms with Gasteiger partial charge in [-0.05, 0) is 42.0 Å². The number of benzene rings is 1. The molecule has 1 amide bonds. The zero-order valence-corrected chi connectivity index (χ0v) is 12.8. The average Bonchev–Trinajstić information content (AvgIpc) is 2.90. The predicted molar refractivity (Wildman–Crippen MR) is 85.2 cm³/mol. The molecule has 3 N–H and O–H groups in total. The molecule has 106 valence electrons. The molecule has 0 radical (unpaired) electrons. The molecular formula is C16H20N2OS. The molecule has 20 heavy (non-hydrogen) atoms. The minimum absolute atomic E-state index is 0.233.